The molecular weight excluding hydrogens is 440 g/mol. The zero-order chi connectivity index (χ0) is 22.9. The van der Waals surface area contributed by atoms with Gasteiger partial charge >= 0.3 is 0 Å². The summed E-state index contributed by atoms with van der Waals surface area (Å²) < 4.78 is 5.12. The molecule has 0 radical (unpaired) electrons. The first kappa shape index (κ1) is 20.0. The fourth-order valence-electron chi connectivity index (χ4n) is 5.72. The van der Waals surface area contributed by atoms with Crippen molar-refractivity contribution in [1.82, 2.24) is 5.01 Å². The van der Waals surface area contributed by atoms with E-state index in [1.165, 1.54) is 25.5 Å². The number of carbonyl (C=O) groups excluding carboxylic acids is 2. The smallest absolute Gasteiger partial charge is 0.254 e. The van der Waals surface area contributed by atoms with Crippen LogP contribution in [-0.4, -0.2) is 35.3 Å². The molecule has 7 rings (SSSR count). The quantitative estimate of drug-likeness (QED) is 0.469. The summed E-state index contributed by atoms with van der Waals surface area (Å²) in [6, 6.07) is 19.2. The number of methoxy groups -OCH3 is 1. The van der Waals surface area contributed by atoms with Crippen LogP contribution in [-0.2, 0) is 9.59 Å². The number of amides is 2. The number of benzene rings is 3. The highest BCUT2D eigenvalue weighted by atomic mass is 35.5. The van der Waals surface area contributed by atoms with Crippen LogP contribution in [0.2, 0.25) is 5.02 Å². The Labute approximate surface area is 195 Å². The van der Waals surface area contributed by atoms with E-state index in [4.69, 9.17) is 16.3 Å². The molecule has 7 heteroatoms. The molecule has 3 aromatic carbocycles. The molecule has 1 heterocycles. The SMILES string of the molecule is COc1cc(/C=N\N2C(=O)[C@@H]3C4c5ccccc5C(c5ccccc54)[C@H]3C2=O)cc(Cl)c1O. The van der Waals surface area contributed by atoms with Gasteiger partial charge in [0.15, 0.2) is 11.5 Å². The van der Waals surface area contributed by atoms with Crippen molar-refractivity contribution in [2.24, 2.45) is 16.9 Å². The number of phenols is 1. The van der Waals surface area contributed by atoms with Gasteiger partial charge in [0.25, 0.3) is 11.8 Å². The summed E-state index contributed by atoms with van der Waals surface area (Å²) in [5, 5.41) is 15.3. The van der Waals surface area contributed by atoms with Crippen molar-refractivity contribution in [3.8, 4) is 11.5 Å². The molecule has 0 unspecified atom stereocenters. The number of hydrogen-bond acceptors (Lipinski definition) is 5. The molecule has 1 N–H and O–H groups in total. The monoisotopic (exact) mass is 458 g/mol. The number of ether oxygens (including phenoxy) is 1. The third-order valence-electron chi connectivity index (χ3n) is 7.02. The standard InChI is InChI=1S/C26H19ClN2O4/c1-33-19-11-13(10-18(27)24(19)30)12-28-29-25(31)22-20-14-6-2-3-7-15(14)21(23(22)26(29)32)17-9-5-4-8-16(17)20/h2-12,20-23,30H,1H3/b28-12-/t20?,21?,22-,23-/m1/s1. The largest absolute Gasteiger partial charge is 0.503 e. The first-order chi connectivity index (χ1) is 16.0. The molecule has 3 aliphatic carbocycles. The average molecular weight is 459 g/mol. The van der Waals surface area contributed by atoms with E-state index in [9.17, 15) is 14.7 Å². The Hall–Kier alpha value is -3.64. The summed E-state index contributed by atoms with van der Waals surface area (Å²) >= 11 is 6.06. The lowest BCUT2D eigenvalue weighted by molar-refractivity contribution is -0.139. The van der Waals surface area contributed by atoms with E-state index >= 15 is 0 Å². The number of hydrogen-bond donors (Lipinski definition) is 1. The minimum Gasteiger partial charge on any atom is -0.503 e. The van der Waals surface area contributed by atoms with Crippen LogP contribution in [0.3, 0.4) is 0 Å². The average Bonchev–Trinajstić information content (AvgIpc) is 3.09. The number of rotatable bonds is 3. The summed E-state index contributed by atoms with van der Waals surface area (Å²) in [7, 11) is 1.41. The molecule has 1 aliphatic heterocycles. The van der Waals surface area contributed by atoms with Crippen molar-refractivity contribution in [2.45, 2.75) is 11.8 Å². The lowest BCUT2D eigenvalue weighted by Crippen LogP contribution is -2.41. The lowest BCUT2D eigenvalue weighted by atomic mass is 9.55. The van der Waals surface area contributed by atoms with Gasteiger partial charge in [0.2, 0.25) is 0 Å². The van der Waals surface area contributed by atoms with E-state index in [-0.39, 0.29) is 40.2 Å². The van der Waals surface area contributed by atoms with E-state index in [1.54, 1.807) is 0 Å². The van der Waals surface area contributed by atoms with Crippen molar-refractivity contribution < 1.29 is 19.4 Å². The third kappa shape index (κ3) is 2.70. The topological polar surface area (TPSA) is 79.2 Å². The number of hydrazone groups is 1. The van der Waals surface area contributed by atoms with Gasteiger partial charge in [0.1, 0.15) is 0 Å². The number of imide groups is 1. The van der Waals surface area contributed by atoms with Gasteiger partial charge in [-0.1, -0.05) is 60.1 Å². The number of nitrogens with zero attached hydrogens (tertiary/aromatic N) is 2. The molecule has 2 bridgehead atoms. The molecule has 3 aromatic rings. The molecule has 33 heavy (non-hydrogen) atoms. The molecule has 2 amide bonds. The van der Waals surface area contributed by atoms with E-state index in [2.05, 4.69) is 29.4 Å². The Morgan fingerprint density at radius 3 is 1.85 bits per heavy atom. The van der Waals surface area contributed by atoms with Crippen molar-refractivity contribution in [1.29, 1.82) is 0 Å². The van der Waals surface area contributed by atoms with E-state index in [0.29, 0.717) is 5.56 Å². The maximum absolute atomic E-state index is 13.5. The molecule has 164 valence electrons. The molecule has 1 fully saturated rings. The van der Waals surface area contributed by atoms with Crippen molar-refractivity contribution in [2.75, 3.05) is 7.11 Å². The van der Waals surface area contributed by atoms with Crippen molar-refractivity contribution in [3.05, 3.63) is 93.5 Å². The van der Waals surface area contributed by atoms with Crippen LogP contribution in [0.15, 0.2) is 65.8 Å². The predicted molar refractivity (Wildman–Crippen MR) is 123 cm³/mol. The second-order valence-corrected chi connectivity index (χ2v) is 8.96. The van der Waals surface area contributed by atoms with E-state index in [0.717, 1.165) is 27.3 Å². The normalized spacial score (nSPS) is 24.7. The molecule has 2 atom stereocenters. The van der Waals surface area contributed by atoms with Crippen LogP contribution in [0.5, 0.6) is 11.5 Å². The second kappa shape index (κ2) is 7.18. The molecule has 0 spiro atoms. The van der Waals surface area contributed by atoms with Gasteiger partial charge in [-0.15, -0.1) is 0 Å². The lowest BCUT2D eigenvalue weighted by Gasteiger charge is -2.45. The second-order valence-electron chi connectivity index (χ2n) is 8.55. The maximum atomic E-state index is 13.5. The summed E-state index contributed by atoms with van der Waals surface area (Å²) in [5.41, 5.74) is 4.96. The Morgan fingerprint density at radius 1 is 0.909 bits per heavy atom. The maximum Gasteiger partial charge on any atom is 0.254 e. The van der Waals surface area contributed by atoms with Crippen LogP contribution in [0, 0.1) is 11.8 Å². The molecular formula is C26H19ClN2O4. The van der Waals surface area contributed by atoms with Crippen LogP contribution >= 0.6 is 11.6 Å². The molecule has 4 aliphatic rings. The minimum atomic E-state index is -0.484. The van der Waals surface area contributed by atoms with Gasteiger partial charge in [-0.25, -0.2) is 0 Å². The van der Waals surface area contributed by atoms with Gasteiger partial charge in [-0.2, -0.15) is 10.1 Å². The highest BCUT2D eigenvalue weighted by Crippen LogP contribution is 2.60. The fourth-order valence-corrected chi connectivity index (χ4v) is 5.94. The zero-order valence-electron chi connectivity index (χ0n) is 17.6. The molecule has 0 saturated carbocycles. The summed E-state index contributed by atoms with van der Waals surface area (Å²) in [6.45, 7) is 0. The summed E-state index contributed by atoms with van der Waals surface area (Å²) in [5.74, 6) is -1.90. The summed E-state index contributed by atoms with van der Waals surface area (Å²) in [4.78, 5) is 27.1. The molecule has 1 saturated heterocycles. The predicted octanol–water partition coefficient (Wildman–Crippen LogP) is 4.28. The Kier molecular flexibility index (Phi) is 4.35. The number of aromatic hydroxyl groups is 1. The Bertz CT molecular complexity index is 1250. The number of carbonyl (C=O) groups is 2. The first-order valence-corrected chi connectivity index (χ1v) is 11.0. The van der Waals surface area contributed by atoms with Gasteiger partial charge < -0.3 is 9.84 Å². The number of phenolic OH excluding ortho intramolecular Hbond substituents is 1. The zero-order valence-corrected chi connectivity index (χ0v) is 18.4. The van der Waals surface area contributed by atoms with Crippen LogP contribution in [0.1, 0.15) is 39.7 Å². The Balaban J connectivity index is 1.42. The van der Waals surface area contributed by atoms with Gasteiger partial charge in [-0.05, 0) is 39.9 Å². The first-order valence-electron chi connectivity index (χ1n) is 10.7. The third-order valence-corrected chi connectivity index (χ3v) is 7.31. The highest BCUT2D eigenvalue weighted by molar-refractivity contribution is 6.32. The highest BCUT2D eigenvalue weighted by Gasteiger charge is 2.61. The number of halogens is 1. The van der Waals surface area contributed by atoms with Gasteiger partial charge in [-0.3, -0.25) is 9.59 Å². The van der Waals surface area contributed by atoms with Crippen LogP contribution < -0.4 is 4.74 Å². The molecule has 6 nitrogen and oxygen atoms in total. The van der Waals surface area contributed by atoms with Crippen LogP contribution in [0.4, 0.5) is 0 Å². The fraction of sp³-hybridized carbons (Fsp3) is 0.192. The summed E-state index contributed by atoms with van der Waals surface area (Å²) in [6.07, 6.45) is 1.39. The Morgan fingerprint density at radius 2 is 1.39 bits per heavy atom. The van der Waals surface area contributed by atoms with Crippen LogP contribution in [0.25, 0.3) is 0 Å². The molecule has 0 aromatic heterocycles. The van der Waals surface area contributed by atoms with E-state index in [1.807, 2.05) is 24.3 Å². The van der Waals surface area contributed by atoms with Gasteiger partial charge in [0, 0.05) is 11.8 Å². The van der Waals surface area contributed by atoms with Gasteiger partial charge in [0.05, 0.1) is 30.2 Å². The van der Waals surface area contributed by atoms with E-state index < -0.39 is 11.8 Å². The van der Waals surface area contributed by atoms with Crippen molar-refractivity contribution >= 4 is 29.6 Å². The van der Waals surface area contributed by atoms with Crippen molar-refractivity contribution in [3.63, 3.8) is 0 Å². The minimum absolute atomic E-state index is 0.0903.